The number of hydrogen-bond donors (Lipinski definition) is 0. The van der Waals surface area contributed by atoms with Gasteiger partial charge in [0.25, 0.3) is 0 Å². The molecule has 0 saturated carbocycles. The van der Waals surface area contributed by atoms with Crippen molar-refractivity contribution in [1.82, 2.24) is 9.97 Å². The zero-order chi connectivity index (χ0) is 8.39. The van der Waals surface area contributed by atoms with Gasteiger partial charge in [-0.25, -0.2) is 9.97 Å². The molecule has 0 aliphatic heterocycles. The molecule has 0 aliphatic carbocycles. The monoisotopic (exact) mass is 156 g/mol. The van der Waals surface area contributed by atoms with Crippen LogP contribution in [0.15, 0.2) is 37.2 Å². The van der Waals surface area contributed by atoms with Crippen molar-refractivity contribution in [2.75, 3.05) is 0 Å². The van der Waals surface area contributed by atoms with Crippen LogP contribution < -0.4 is 0 Å². The Labute approximate surface area is 70.6 Å². The van der Waals surface area contributed by atoms with Crippen LogP contribution in [0.3, 0.4) is 0 Å². The van der Waals surface area contributed by atoms with E-state index >= 15 is 0 Å². The molecule has 0 radical (unpaired) electrons. The molecule has 0 amide bonds. The van der Waals surface area contributed by atoms with E-state index in [1.165, 1.54) is 0 Å². The lowest BCUT2D eigenvalue weighted by molar-refractivity contribution is 1.28. The van der Waals surface area contributed by atoms with Crippen LogP contribution in [-0.2, 0) is 0 Å². The molecule has 12 heavy (non-hydrogen) atoms. The summed E-state index contributed by atoms with van der Waals surface area (Å²) in [4.78, 5) is 8.28. The van der Waals surface area contributed by atoms with Crippen molar-refractivity contribution >= 4 is 17.1 Å². The summed E-state index contributed by atoms with van der Waals surface area (Å²) in [5, 5.41) is 1.05. The third kappa shape index (κ3) is 1.07. The van der Waals surface area contributed by atoms with Crippen LogP contribution in [0.1, 0.15) is 5.56 Å². The summed E-state index contributed by atoms with van der Waals surface area (Å²) in [7, 11) is 0. The Balaban J connectivity index is 2.75. The van der Waals surface area contributed by atoms with Crippen molar-refractivity contribution in [2.24, 2.45) is 0 Å². The lowest BCUT2D eigenvalue weighted by Gasteiger charge is -1.95. The largest absolute Gasteiger partial charge is 0.237 e. The van der Waals surface area contributed by atoms with Gasteiger partial charge in [0, 0.05) is 17.8 Å². The molecule has 2 aromatic rings. The van der Waals surface area contributed by atoms with Gasteiger partial charge in [-0.1, -0.05) is 12.7 Å². The van der Waals surface area contributed by atoms with Crippen LogP contribution >= 0.6 is 0 Å². The molecule has 0 saturated heterocycles. The predicted molar refractivity (Wildman–Crippen MR) is 49.6 cm³/mol. The fourth-order valence-electron chi connectivity index (χ4n) is 1.09. The molecule has 0 bridgehead atoms. The lowest BCUT2D eigenvalue weighted by Crippen LogP contribution is -1.83. The maximum Gasteiger partial charge on any atom is 0.159 e. The maximum atomic E-state index is 4.17. The first-order valence-electron chi connectivity index (χ1n) is 3.73. The van der Waals surface area contributed by atoms with E-state index < -0.39 is 0 Å². The molecular formula is C10H8N2. The first-order valence-corrected chi connectivity index (χ1v) is 3.73. The van der Waals surface area contributed by atoms with Crippen LogP contribution in [-0.4, -0.2) is 9.97 Å². The van der Waals surface area contributed by atoms with Gasteiger partial charge in [0.15, 0.2) is 5.65 Å². The van der Waals surface area contributed by atoms with E-state index in [1.807, 2.05) is 18.2 Å². The van der Waals surface area contributed by atoms with Crippen LogP contribution in [0.25, 0.3) is 17.1 Å². The van der Waals surface area contributed by atoms with Gasteiger partial charge < -0.3 is 0 Å². The van der Waals surface area contributed by atoms with Crippen LogP contribution in [0, 0.1) is 0 Å². The fraction of sp³-hybridized carbons (Fsp3) is 0. The van der Waals surface area contributed by atoms with Gasteiger partial charge in [0.05, 0.1) is 0 Å². The fourth-order valence-corrected chi connectivity index (χ4v) is 1.09. The molecule has 58 valence electrons. The third-order valence-corrected chi connectivity index (χ3v) is 1.71. The average Bonchev–Trinajstić information content (AvgIpc) is 2.17. The Morgan fingerprint density at radius 2 is 2.25 bits per heavy atom. The Morgan fingerprint density at radius 1 is 1.33 bits per heavy atom. The highest BCUT2D eigenvalue weighted by Crippen LogP contribution is 2.10. The minimum atomic E-state index is 0.781. The van der Waals surface area contributed by atoms with Gasteiger partial charge in [-0.05, 0) is 23.8 Å². The second kappa shape index (κ2) is 2.74. The molecule has 0 atom stereocenters. The number of hydrogen-bond acceptors (Lipinski definition) is 2. The molecule has 0 aromatic carbocycles. The van der Waals surface area contributed by atoms with E-state index in [0.717, 1.165) is 16.6 Å². The number of aromatic nitrogens is 2. The highest BCUT2D eigenvalue weighted by molar-refractivity contribution is 5.76. The Bertz CT molecular complexity index is 421. The summed E-state index contributed by atoms with van der Waals surface area (Å²) in [5.74, 6) is 0. The van der Waals surface area contributed by atoms with Gasteiger partial charge >= 0.3 is 0 Å². The van der Waals surface area contributed by atoms with Crippen LogP contribution in [0.2, 0.25) is 0 Å². The summed E-state index contributed by atoms with van der Waals surface area (Å²) in [6.07, 6.45) is 5.28. The second-order valence-corrected chi connectivity index (χ2v) is 2.52. The molecule has 0 aliphatic rings. The van der Waals surface area contributed by atoms with Gasteiger partial charge in [0.2, 0.25) is 0 Å². The Kier molecular flexibility index (Phi) is 1.59. The minimum Gasteiger partial charge on any atom is -0.237 e. The van der Waals surface area contributed by atoms with Crippen molar-refractivity contribution in [3.05, 3.63) is 42.7 Å². The summed E-state index contributed by atoms with van der Waals surface area (Å²) >= 11 is 0. The maximum absolute atomic E-state index is 4.17. The van der Waals surface area contributed by atoms with E-state index in [1.54, 1.807) is 18.5 Å². The summed E-state index contributed by atoms with van der Waals surface area (Å²) in [6, 6.07) is 5.90. The smallest absolute Gasteiger partial charge is 0.159 e. The van der Waals surface area contributed by atoms with E-state index in [2.05, 4.69) is 16.5 Å². The Hall–Kier alpha value is -1.70. The van der Waals surface area contributed by atoms with Gasteiger partial charge in [-0.3, -0.25) is 0 Å². The van der Waals surface area contributed by atoms with Crippen molar-refractivity contribution in [3.8, 4) is 0 Å². The number of fused-ring (bicyclic) bond motifs is 1. The van der Waals surface area contributed by atoms with Crippen molar-refractivity contribution < 1.29 is 0 Å². The number of pyridine rings is 2. The quantitative estimate of drug-likeness (QED) is 0.633. The predicted octanol–water partition coefficient (Wildman–Crippen LogP) is 2.27. The van der Waals surface area contributed by atoms with Crippen LogP contribution in [0.4, 0.5) is 0 Å². The normalized spacial score (nSPS) is 10.0. The standard InChI is InChI=1S/C10H8N2/c1-2-8-6-9-4-3-5-11-10(9)12-7-8/h2-7H,1H2. The summed E-state index contributed by atoms with van der Waals surface area (Å²) < 4.78 is 0. The molecule has 2 rings (SSSR count). The van der Waals surface area contributed by atoms with Crippen molar-refractivity contribution in [1.29, 1.82) is 0 Å². The molecule has 0 unspecified atom stereocenters. The first kappa shape index (κ1) is 6.98. The molecule has 2 heterocycles. The molecule has 0 fully saturated rings. The highest BCUT2D eigenvalue weighted by atomic mass is 14.8. The van der Waals surface area contributed by atoms with Gasteiger partial charge in [-0.15, -0.1) is 0 Å². The molecule has 0 spiro atoms. The molecule has 2 aromatic heterocycles. The average molecular weight is 156 g/mol. The van der Waals surface area contributed by atoms with Crippen molar-refractivity contribution in [3.63, 3.8) is 0 Å². The first-order chi connectivity index (χ1) is 5.90. The van der Waals surface area contributed by atoms with E-state index in [9.17, 15) is 0 Å². The Morgan fingerprint density at radius 3 is 3.08 bits per heavy atom. The minimum absolute atomic E-state index is 0.781. The summed E-state index contributed by atoms with van der Waals surface area (Å²) in [6.45, 7) is 3.68. The third-order valence-electron chi connectivity index (χ3n) is 1.71. The van der Waals surface area contributed by atoms with E-state index in [4.69, 9.17) is 0 Å². The molecule has 2 heteroatoms. The van der Waals surface area contributed by atoms with Gasteiger partial charge in [0.1, 0.15) is 0 Å². The van der Waals surface area contributed by atoms with E-state index in [0.29, 0.717) is 0 Å². The molecular weight excluding hydrogens is 148 g/mol. The second-order valence-electron chi connectivity index (χ2n) is 2.52. The molecule has 2 nitrogen and oxygen atoms in total. The summed E-state index contributed by atoms with van der Waals surface area (Å²) in [5.41, 5.74) is 1.80. The van der Waals surface area contributed by atoms with Gasteiger partial charge in [-0.2, -0.15) is 0 Å². The molecule has 0 N–H and O–H groups in total. The zero-order valence-electron chi connectivity index (χ0n) is 6.57. The lowest BCUT2D eigenvalue weighted by atomic mass is 10.2. The highest BCUT2D eigenvalue weighted by Gasteiger charge is 1.93. The topological polar surface area (TPSA) is 25.8 Å². The number of nitrogens with zero attached hydrogens (tertiary/aromatic N) is 2. The van der Waals surface area contributed by atoms with E-state index in [-0.39, 0.29) is 0 Å². The van der Waals surface area contributed by atoms with Crippen LogP contribution in [0.5, 0.6) is 0 Å². The SMILES string of the molecule is C=Cc1cnc2ncccc2c1. The zero-order valence-corrected chi connectivity index (χ0v) is 6.57. The van der Waals surface area contributed by atoms with Crippen molar-refractivity contribution in [2.45, 2.75) is 0 Å². The number of rotatable bonds is 1.